The van der Waals surface area contributed by atoms with Gasteiger partial charge in [-0.1, -0.05) is 6.42 Å². The summed E-state index contributed by atoms with van der Waals surface area (Å²) < 4.78 is 4.89. The summed E-state index contributed by atoms with van der Waals surface area (Å²) in [5.41, 5.74) is 0. The first kappa shape index (κ1) is 14.9. The molecule has 0 amide bonds. The van der Waals surface area contributed by atoms with Crippen molar-refractivity contribution in [2.75, 3.05) is 6.61 Å². The number of carbonyl (C=O) groups is 3. The standard InChI is InChI=1S/C14H22O4/c1-2-18-14(17)8-7-11-5-3-4-6-13(16)12(11)9-10-15/h10-12H,2-9H2,1H3/t11-,12-/m0/s1. The van der Waals surface area contributed by atoms with Gasteiger partial charge in [-0.15, -0.1) is 0 Å². The Morgan fingerprint density at radius 2 is 2.22 bits per heavy atom. The zero-order valence-electron chi connectivity index (χ0n) is 11.0. The summed E-state index contributed by atoms with van der Waals surface area (Å²) in [5.74, 6) is -0.0402. The fraction of sp³-hybridized carbons (Fsp3) is 0.786. The average Bonchev–Trinajstić information content (AvgIpc) is 2.51. The van der Waals surface area contributed by atoms with Crippen LogP contribution in [-0.4, -0.2) is 24.6 Å². The molecule has 4 heteroatoms. The number of esters is 1. The molecule has 102 valence electrons. The Balaban J connectivity index is 2.54. The number of ether oxygens (including phenoxy) is 1. The van der Waals surface area contributed by atoms with E-state index in [9.17, 15) is 14.4 Å². The molecule has 0 aromatic carbocycles. The number of ketones is 1. The third-order valence-corrected chi connectivity index (χ3v) is 3.61. The van der Waals surface area contributed by atoms with Crippen LogP contribution in [0.2, 0.25) is 0 Å². The Bertz CT molecular complexity index is 298. The third kappa shape index (κ3) is 4.59. The monoisotopic (exact) mass is 254 g/mol. The summed E-state index contributed by atoms with van der Waals surface area (Å²) in [7, 11) is 0. The molecule has 0 N–H and O–H groups in total. The number of aldehydes is 1. The lowest BCUT2D eigenvalue weighted by molar-refractivity contribution is -0.143. The lowest BCUT2D eigenvalue weighted by atomic mass is 9.82. The van der Waals surface area contributed by atoms with Crippen molar-refractivity contribution >= 4 is 18.0 Å². The zero-order chi connectivity index (χ0) is 13.4. The predicted octanol–water partition coefficient (Wildman–Crippen LogP) is 2.29. The molecule has 0 radical (unpaired) electrons. The van der Waals surface area contributed by atoms with Gasteiger partial charge in [0.15, 0.2) is 0 Å². The van der Waals surface area contributed by atoms with Gasteiger partial charge in [0.05, 0.1) is 6.61 Å². The highest BCUT2D eigenvalue weighted by Crippen LogP contribution is 2.31. The number of hydrogen-bond acceptors (Lipinski definition) is 4. The first-order valence-electron chi connectivity index (χ1n) is 6.81. The second-order valence-electron chi connectivity index (χ2n) is 4.82. The molecule has 2 atom stereocenters. The molecule has 0 saturated heterocycles. The second kappa shape index (κ2) is 8.01. The van der Waals surface area contributed by atoms with E-state index in [0.717, 1.165) is 25.5 Å². The van der Waals surface area contributed by atoms with E-state index in [1.54, 1.807) is 6.92 Å². The zero-order valence-corrected chi connectivity index (χ0v) is 11.0. The normalized spacial score (nSPS) is 24.4. The smallest absolute Gasteiger partial charge is 0.305 e. The predicted molar refractivity (Wildman–Crippen MR) is 67.0 cm³/mol. The SMILES string of the molecule is CCOC(=O)CC[C@@H]1CCCCC(=O)[C@H]1CC=O. The lowest BCUT2D eigenvalue weighted by Gasteiger charge is -2.21. The fourth-order valence-corrected chi connectivity index (χ4v) is 2.66. The van der Waals surface area contributed by atoms with E-state index >= 15 is 0 Å². The minimum absolute atomic E-state index is 0.162. The van der Waals surface area contributed by atoms with Crippen LogP contribution in [0.3, 0.4) is 0 Å². The highest BCUT2D eigenvalue weighted by Gasteiger charge is 2.29. The molecule has 0 bridgehead atoms. The van der Waals surface area contributed by atoms with Crippen molar-refractivity contribution < 1.29 is 19.1 Å². The molecule has 1 aliphatic carbocycles. The summed E-state index contributed by atoms with van der Waals surface area (Å²) in [6.07, 6.45) is 5.55. The molecule has 1 fully saturated rings. The molecule has 0 aliphatic heterocycles. The van der Waals surface area contributed by atoms with E-state index in [0.29, 0.717) is 32.3 Å². The maximum Gasteiger partial charge on any atom is 0.305 e. The van der Waals surface area contributed by atoms with E-state index in [2.05, 4.69) is 0 Å². The maximum atomic E-state index is 11.9. The molecule has 4 nitrogen and oxygen atoms in total. The molecule has 18 heavy (non-hydrogen) atoms. The average molecular weight is 254 g/mol. The van der Waals surface area contributed by atoms with Crippen LogP contribution in [0.5, 0.6) is 0 Å². The van der Waals surface area contributed by atoms with Crippen LogP contribution in [0.1, 0.15) is 51.9 Å². The second-order valence-corrected chi connectivity index (χ2v) is 4.82. The van der Waals surface area contributed by atoms with Gasteiger partial charge in [0.2, 0.25) is 0 Å². The Morgan fingerprint density at radius 1 is 1.44 bits per heavy atom. The number of hydrogen-bond donors (Lipinski definition) is 0. The molecule has 1 rings (SSSR count). The van der Waals surface area contributed by atoms with Crippen LogP contribution in [0.25, 0.3) is 0 Å². The van der Waals surface area contributed by atoms with Gasteiger partial charge < -0.3 is 9.53 Å². The molecule has 0 spiro atoms. The van der Waals surface area contributed by atoms with Crippen molar-refractivity contribution in [3.05, 3.63) is 0 Å². The number of Topliss-reactive ketones (excluding diaryl/α,β-unsaturated/α-hetero) is 1. The van der Waals surface area contributed by atoms with Crippen LogP contribution < -0.4 is 0 Å². The molecule has 1 saturated carbocycles. The van der Waals surface area contributed by atoms with Crippen LogP contribution in [0, 0.1) is 11.8 Å². The van der Waals surface area contributed by atoms with Gasteiger partial charge in [-0.25, -0.2) is 0 Å². The minimum Gasteiger partial charge on any atom is -0.466 e. The van der Waals surface area contributed by atoms with Crippen molar-refractivity contribution in [3.8, 4) is 0 Å². The number of carbonyl (C=O) groups excluding carboxylic acids is 3. The van der Waals surface area contributed by atoms with Gasteiger partial charge in [-0.3, -0.25) is 9.59 Å². The molecule has 0 heterocycles. The van der Waals surface area contributed by atoms with Gasteiger partial charge in [0.1, 0.15) is 12.1 Å². The highest BCUT2D eigenvalue weighted by atomic mass is 16.5. The molecule has 0 unspecified atom stereocenters. The van der Waals surface area contributed by atoms with Gasteiger partial charge in [0.25, 0.3) is 0 Å². The third-order valence-electron chi connectivity index (χ3n) is 3.61. The Kier molecular flexibility index (Phi) is 6.61. The van der Waals surface area contributed by atoms with Crippen molar-refractivity contribution in [2.45, 2.75) is 51.9 Å². The summed E-state index contributed by atoms with van der Waals surface area (Å²) in [5, 5.41) is 0. The van der Waals surface area contributed by atoms with Crippen molar-refractivity contribution in [3.63, 3.8) is 0 Å². The van der Waals surface area contributed by atoms with Crippen LogP contribution >= 0.6 is 0 Å². The molecule has 0 aromatic rings. The van der Waals surface area contributed by atoms with E-state index in [1.165, 1.54) is 0 Å². The molecule has 1 aliphatic rings. The minimum atomic E-state index is -0.209. The molecular weight excluding hydrogens is 232 g/mol. The first-order valence-corrected chi connectivity index (χ1v) is 6.81. The van der Waals surface area contributed by atoms with Crippen LogP contribution in [0.15, 0.2) is 0 Å². The topological polar surface area (TPSA) is 60.4 Å². The fourth-order valence-electron chi connectivity index (χ4n) is 2.66. The quantitative estimate of drug-likeness (QED) is 0.414. The largest absolute Gasteiger partial charge is 0.466 e. The van der Waals surface area contributed by atoms with E-state index in [-0.39, 0.29) is 23.6 Å². The van der Waals surface area contributed by atoms with Gasteiger partial charge in [-0.05, 0) is 32.1 Å². The van der Waals surface area contributed by atoms with E-state index < -0.39 is 0 Å². The van der Waals surface area contributed by atoms with E-state index in [1.807, 2.05) is 0 Å². The summed E-state index contributed by atoms with van der Waals surface area (Å²) in [4.78, 5) is 33.9. The van der Waals surface area contributed by atoms with E-state index in [4.69, 9.17) is 4.74 Å². The van der Waals surface area contributed by atoms with Gasteiger partial charge >= 0.3 is 5.97 Å². The molecule has 0 aromatic heterocycles. The Morgan fingerprint density at radius 3 is 2.89 bits per heavy atom. The lowest BCUT2D eigenvalue weighted by Crippen LogP contribution is -2.23. The van der Waals surface area contributed by atoms with Crippen molar-refractivity contribution in [1.82, 2.24) is 0 Å². The Hall–Kier alpha value is -1.19. The maximum absolute atomic E-state index is 11.9. The van der Waals surface area contributed by atoms with Gasteiger partial charge in [-0.2, -0.15) is 0 Å². The van der Waals surface area contributed by atoms with Crippen molar-refractivity contribution in [2.24, 2.45) is 11.8 Å². The first-order chi connectivity index (χ1) is 8.69. The highest BCUT2D eigenvalue weighted by molar-refractivity contribution is 5.83. The van der Waals surface area contributed by atoms with Crippen molar-refractivity contribution in [1.29, 1.82) is 0 Å². The Labute approximate surface area is 108 Å². The van der Waals surface area contributed by atoms with Crippen LogP contribution in [-0.2, 0) is 19.1 Å². The number of rotatable bonds is 6. The molecular formula is C14H22O4. The van der Waals surface area contributed by atoms with Gasteiger partial charge in [0, 0.05) is 25.2 Å². The van der Waals surface area contributed by atoms with Crippen LogP contribution in [0.4, 0.5) is 0 Å². The summed E-state index contributed by atoms with van der Waals surface area (Å²) in [6, 6.07) is 0. The summed E-state index contributed by atoms with van der Waals surface area (Å²) >= 11 is 0. The summed E-state index contributed by atoms with van der Waals surface area (Å²) in [6.45, 7) is 2.17.